The van der Waals surface area contributed by atoms with E-state index in [1.54, 1.807) is 0 Å². The Morgan fingerprint density at radius 2 is 1.90 bits per heavy atom. The molecule has 7 heteroatoms. The first-order valence-electron chi connectivity index (χ1n) is 10.8. The first kappa shape index (κ1) is 21.8. The minimum Gasteiger partial charge on any atom is -0.355 e. The Morgan fingerprint density at radius 3 is 2.62 bits per heavy atom. The van der Waals surface area contributed by atoms with E-state index in [1.165, 1.54) is 56.1 Å². The van der Waals surface area contributed by atoms with E-state index in [4.69, 9.17) is 0 Å². The minimum absolute atomic E-state index is 0.0639. The largest absolute Gasteiger partial charge is 0.355 e. The van der Waals surface area contributed by atoms with Gasteiger partial charge in [0, 0.05) is 18.7 Å². The minimum atomic E-state index is 0.0639. The molecule has 0 aliphatic carbocycles. The Kier molecular flexibility index (Phi) is 8.55. The zero-order valence-electron chi connectivity index (χ0n) is 17.7. The van der Waals surface area contributed by atoms with Crippen LogP contribution in [0.15, 0.2) is 29.4 Å². The number of rotatable bonds is 9. The van der Waals surface area contributed by atoms with Crippen molar-refractivity contribution in [1.82, 2.24) is 25.0 Å². The maximum atomic E-state index is 12.3. The first-order chi connectivity index (χ1) is 14.2. The predicted molar refractivity (Wildman–Crippen MR) is 119 cm³/mol. The number of nitrogens with one attached hydrogen (secondary N) is 1. The van der Waals surface area contributed by atoms with E-state index < -0.39 is 0 Å². The van der Waals surface area contributed by atoms with Crippen molar-refractivity contribution < 1.29 is 4.79 Å². The SMILES string of the molecule is CCn1c(SCC(=O)NCCCN2CCCCCC2)nnc1-c1ccccc1C. The lowest BCUT2D eigenvalue weighted by Crippen LogP contribution is -2.31. The van der Waals surface area contributed by atoms with Crippen LogP contribution in [0.2, 0.25) is 0 Å². The van der Waals surface area contributed by atoms with Gasteiger partial charge >= 0.3 is 0 Å². The summed E-state index contributed by atoms with van der Waals surface area (Å²) in [6, 6.07) is 8.19. The summed E-state index contributed by atoms with van der Waals surface area (Å²) in [5.74, 6) is 1.30. The summed E-state index contributed by atoms with van der Waals surface area (Å²) in [6.45, 7) is 9.17. The van der Waals surface area contributed by atoms with Crippen LogP contribution in [0.25, 0.3) is 11.4 Å². The Balaban J connectivity index is 1.45. The van der Waals surface area contributed by atoms with Gasteiger partial charge in [-0.1, -0.05) is 48.9 Å². The second-order valence-electron chi connectivity index (χ2n) is 7.61. The molecule has 0 unspecified atom stereocenters. The Bertz CT molecular complexity index is 783. The fourth-order valence-electron chi connectivity index (χ4n) is 3.77. The number of aryl methyl sites for hydroxylation is 1. The molecule has 1 aliphatic rings. The third-order valence-corrected chi connectivity index (χ3v) is 6.39. The summed E-state index contributed by atoms with van der Waals surface area (Å²) in [6.07, 6.45) is 6.35. The molecule has 0 saturated carbocycles. The highest BCUT2D eigenvalue weighted by atomic mass is 32.2. The highest BCUT2D eigenvalue weighted by molar-refractivity contribution is 7.99. The van der Waals surface area contributed by atoms with E-state index in [2.05, 4.69) is 51.0 Å². The van der Waals surface area contributed by atoms with Crippen LogP contribution in [0.3, 0.4) is 0 Å². The number of nitrogens with zero attached hydrogens (tertiary/aromatic N) is 4. The van der Waals surface area contributed by atoms with E-state index >= 15 is 0 Å². The molecule has 0 spiro atoms. The molecule has 1 aliphatic heterocycles. The molecule has 0 bridgehead atoms. The maximum absolute atomic E-state index is 12.3. The van der Waals surface area contributed by atoms with Crippen molar-refractivity contribution in [2.24, 2.45) is 0 Å². The molecule has 1 N–H and O–H groups in total. The van der Waals surface area contributed by atoms with E-state index in [-0.39, 0.29) is 5.91 Å². The lowest BCUT2D eigenvalue weighted by molar-refractivity contribution is -0.118. The van der Waals surface area contributed by atoms with Crippen molar-refractivity contribution in [2.45, 2.75) is 57.7 Å². The molecule has 29 heavy (non-hydrogen) atoms. The zero-order valence-corrected chi connectivity index (χ0v) is 18.5. The van der Waals surface area contributed by atoms with Gasteiger partial charge in [-0.2, -0.15) is 0 Å². The topological polar surface area (TPSA) is 63.1 Å². The van der Waals surface area contributed by atoms with Gasteiger partial charge in [0.2, 0.25) is 5.91 Å². The third-order valence-electron chi connectivity index (χ3n) is 5.42. The van der Waals surface area contributed by atoms with Crippen LogP contribution in [0.1, 0.15) is 44.6 Å². The second-order valence-corrected chi connectivity index (χ2v) is 8.56. The number of thioether (sulfide) groups is 1. The summed E-state index contributed by atoms with van der Waals surface area (Å²) in [4.78, 5) is 14.8. The number of hydrogen-bond donors (Lipinski definition) is 1. The molecule has 1 fully saturated rings. The van der Waals surface area contributed by atoms with E-state index in [9.17, 15) is 4.79 Å². The number of aromatic nitrogens is 3. The van der Waals surface area contributed by atoms with Gasteiger partial charge in [0.05, 0.1) is 5.75 Å². The smallest absolute Gasteiger partial charge is 0.230 e. The molecule has 2 aromatic rings. The average molecular weight is 416 g/mol. The molecular formula is C22H33N5OS. The van der Waals surface area contributed by atoms with Crippen molar-refractivity contribution in [3.8, 4) is 11.4 Å². The third kappa shape index (κ3) is 6.31. The molecular weight excluding hydrogens is 382 g/mol. The molecule has 1 aromatic carbocycles. The number of likely N-dealkylation sites (tertiary alicyclic amines) is 1. The quantitative estimate of drug-likeness (QED) is 0.499. The maximum Gasteiger partial charge on any atom is 0.230 e. The lowest BCUT2D eigenvalue weighted by atomic mass is 10.1. The van der Waals surface area contributed by atoms with Gasteiger partial charge in [-0.15, -0.1) is 10.2 Å². The number of carbonyl (C=O) groups excluding carboxylic acids is 1. The van der Waals surface area contributed by atoms with Crippen LogP contribution < -0.4 is 5.32 Å². The van der Waals surface area contributed by atoms with Crippen molar-refractivity contribution in [3.05, 3.63) is 29.8 Å². The van der Waals surface area contributed by atoms with Crippen LogP contribution in [0.5, 0.6) is 0 Å². The van der Waals surface area contributed by atoms with Crippen LogP contribution >= 0.6 is 11.8 Å². The Morgan fingerprint density at radius 1 is 1.14 bits per heavy atom. The van der Waals surface area contributed by atoms with Crippen LogP contribution in [-0.2, 0) is 11.3 Å². The Labute approximate surface area is 178 Å². The van der Waals surface area contributed by atoms with Crippen LogP contribution in [-0.4, -0.2) is 57.5 Å². The molecule has 2 heterocycles. The van der Waals surface area contributed by atoms with E-state index in [0.717, 1.165) is 42.6 Å². The standard InChI is InChI=1S/C22H33N5OS/c1-3-27-21(19-12-7-6-11-18(19)2)24-25-22(27)29-17-20(28)23-13-10-16-26-14-8-4-5-9-15-26/h6-7,11-12H,3-5,8-10,13-17H2,1-2H3,(H,23,28). The molecule has 1 saturated heterocycles. The fourth-order valence-corrected chi connectivity index (χ4v) is 4.61. The van der Waals surface area contributed by atoms with Crippen LogP contribution in [0.4, 0.5) is 0 Å². The number of benzene rings is 1. The average Bonchev–Trinajstić information content (AvgIpc) is 2.95. The Hall–Kier alpha value is -1.86. The second kappa shape index (κ2) is 11.4. The molecule has 1 aromatic heterocycles. The van der Waals surface area contributed by atoms with Gasteiger partial charge < -0.3 is 14.8 Å². The summed E-state index contributed by atoms with van der Waals surface area (Å²) in [5.41, 5.74) is 2.26. The summed E-state index contributed by atoms with van der Waals surface area (Å²) < 4.78 is 2.08. The lowest BCUT2D eigenvalue weighted by Gasteiger charge is -2.19. The summed E-state index contributed by atoms with van der Waals surface area (Å²) >= 11 is 1.46. The van der Waals surface area contributed by atoms with Crippen molar-refractivity contribution in [1.29, 1.82) is 0 Å². The van der Waals surface area contributed by atoms with Crippen molar-refractivity contribution in [3.63, 3.8) is 0 Å². The van der Waals surface area contributed by atoms with Gasteiger partial charge in [-0.05, 0) is 58.3 Å². The molecule has 0 radical (unpaired) electrons. The van der Waals surface area contributed by atoms with Crippen LogP contribution in [0, 0.1) is 6.92 Å². The number of carbonyl (C=O) groups is 1. The monoisotopic (exact) mass is 415 g/mol. The normalized spacial score (nSPS) is 15.2. The number of hydrogen-bond acceptors (Lipinski definition) is 5. The fraction of sp³-hybridized carbons (Fsp3) is 0.591. The van der Waals surface area contributed by atoms with Gasteiger partial charge in [0.25, 0.3) is 0 Å². The van der Waals surface area contributed by atoms with E-state index in [0.29, 0.717) is 5.75 Å². The summed E-state index contributed by atoms with van der Waals surface area (Å²) in [7, 11) is 0. The predicted octanol–water partition coefficient (Wildman–Crippen LogP) is 3.75. The number of amides is 1. The van der Waals surface area contributed by atoms with Crippen molar-refractivity contribution in [2.75, 3.05) is 31.9 Å². The molecule has 0 atom stereocenters. The molecule has 3 rings (SSSR count). The van der Waals surface area contributed by atoms with Gasteiger partial charge in [0.15, 0.2) is 11.0 Å². The highest BCUT2D eigenvalue weighted by Crippen LogP contribution is 2.26. The molecule has 158 valence electrons. The van der Waals surface area contributed by atoms with E-state index in [1.807, 2.05) is 12.1 Å². The molecule has 6 nitrogen and oxygen atoms in total. The molecule has 1 amide bonds. The summed E-state index contributed by atoms with van der Waals surface area (Å²) in [5, 5.41) is 12.6. The van der Waals surface area contributed by atoms with Gasteiger partial charge in [0.1, 0.15) is 0 Å². The van der Waals surface area contributed by atoms with Crippen molar-refractivity contribution >= 4 is 17.7 Å². The zero-order chi connectivity index (χ0) is 20.5. The van der Waals surface area contributed by atoms with Gasteiger partial charge in [-0.25, -0.2) is 0 Å². The first-order valence-corrected chi connectivity index (χ1v) is 11.8. The highest BCUT2D eigenvalue weighted by Gasteiger charge is 2.16. The van der Waals surface area contributed by atoms with Gasteiger partial charge in [-0.3, -0.25) is 4.79 Å².